The van der Waals surface area contributed by atoms with Gasteiger partial charge in [-0.05, 0) is 32.8 Å². The van der Waals surface area contributed by atoms with E-state index < -0.39 is 15.1 Å². The van der Waals surface area contributed by atoms with Crippen LogP contribution in [0.2, 0.25) is 0 Å². The summed E-state index contributed by atoms with van der Waals surface area (Å²) in [5.41, 5.74) is 2.14. The average Bonchev–Trinajstić information content (AvgIpc) is 3.17. The number of hydrogen-bond acceptors (Lipinski definition) is 6. The molecule has 1 N–H and O–H groups in total. The number of thioether (sulfide) groups is 1. The van der Waals surface area contributed by atoms with Crippen LogP contribution >= 0.6 is 11.8 Å². The number of hydrogen-bond donors (Lipinski definition) is 1. The average molecular weight is 409 g/mol. The van der Waals surface area contributed by atoms with Crippen molar-refractivity contribution < 1.29 is 13.2 Å². The van der Waals surface area contributed by atoms with E-state index in [-0.39, 0.29) is 23.5 Å². The second-order valence-electron chi connectivity index (χ2n) is 6.73. The van der Waals surface area contributed by atoms with Crippen molar-refractivity contribution in [3.05, 3.63) is 29.8 Å². The Morgan fingerprint density at radius 1 is 1.37 bits per heavy atom. The molecule has 1 fully saturated rings. The summed E-state index contributed by atoms with van der Waals surface area (Å²) >= 11 is 1.34. The minimum Gasteiger partial charge on any atom is -0.351 e. The molecule has 2 heterocycles. The van der Waals surface area contributed by atoms with Crippen LogP contribution in [0.15, 0.2) is 29.4 Å². The number of sulfone groups is 1. The van der Waals surface area contributed by atoms with Crippen LogP contribution < -0.4 is 5.32 Å². The normalized spacial score (nSPS) is 19.7. The Hall–Kier alpha value is -1.87. The number of nitrogens with one attached hydrogen (secondary N) is 1. The number of benzene rings is 1. The van der Waals surface area contributed by atoms with Crippen molar-refractivity contribution in [2.45, 2.75) is 50.2 Å². The molecule has 0 aliphatic carbocycles. The third-order valence-electron chi connectivity index (χ3n) is 4.65. The third-order valence-corrected chi connectivity index (χ3v) is 7.50. The zero-order valence-corrected chi connectivity index (χ0v) is 17.3. The van der Waals surface area contributed by atoms with E-state index in [9.17, 15) is 13.2 Å². The first-order chi connectivity index (χ1) is 12.8. The monoisotopic (exact) mass is 408 g/mol. The maximum Gasteiger partial charge on any atom is 0.233 e. The molecule has 1 amide bonds. The van der Waals surface area contributed by atoms with Crippen LogP contribution in [0.3, 0.4) is 0 Å². The molecule has 27 heavy (non-hydrogen) atoms. The molecule has 1 aliphatic heterocycles. The van der Waals surface area contributed by atoms with Crippen molar-refractivity contribution in [1.82, 2.24) is 20.1 Å². The summed E-state index contributed by atoms with van der Waals surface area (Å²) in [7, 11) is -3.02. The summed E-state index contributed by atoms with van der Waals surface area (Å²) < 4.78 is 25.1. The van der Waals surface area contributed by atoms with Crippen molar-refractivity contribution in [2.24, 2.45) is 0 Å². The predicted molar refractivity (Wildman–Crippen MR) is 106 cm³/mol. The molecule has 1 saturated heterocycles. The highest BCUT2D eigenvalue weighted by atomic mass is 32.2. The Bertz CT molecular complexity index is 940. The molecule has 2 unspecified atom stereocenters. The Morgan fingerprint density at radius 3 is 2.74 bits per heavy atom. The Balaban J connectivity index is 1.72. The zero-order valence-electron chi connectivity index (χ0n) is 15.7. The fourth-order valence-electron chi connectivity index (χ4n) is 3.12. The van der Waals surface area contributed by atoms with Gasteiger partial charge in [0, 0.05) is 18.2 Å². The van der Waals surface area contributed by atoms with Crippen molar-refractivity contribution in [2.75, 3.05) is 11.5 Å². The quantitative estimate of drug-likeness (QED) is 0.736. The third kappa shape index (κ3) is 4.52. The Kier molecular flexibility index (Phi) is 5.90. The van der Waals surface area contributed by atoms with Gasteiger partial charge < -0.3 is 9.88 Å². The van der Waals surface area contributed by atoms with Crippen LogP contribution in [0, 0.1) is 6.92 Å². The van der Waals surface area contributed by atoms with Crippen molar-refractivity contribution in [1.29, 1.82) is 0 Å². The van der Waals surface area contributed by atoms with Crippen molar-refractivity contribution >= 4 is 27.5 Å². The lowest BCUT2D eigenvalue weighted by atomic mass is 10.1. The summed E-state index contributed by atoms with van der Waals surface area (Å²) in [5.74, 6) is 0.778. The summed E-state index contributed by atoms with van der Waals surface area (Å²) in [5, 5.41) is 11.7. The molecular formula is C18H24N4O3S2. The molecule has 146 valence electrons. The second kappa shape index (κ2) is 8.02. The van der Waals surface area contributed by atoms with Gasteiger partial charge in [-0.2, -0.15) is 0 Å². The summed E-state index contributed by atoms with van der Waals surface area (Å²) in [6.45, 7) is 6.53. The van der Waals surface area contributed by atoms with E-state index in [0.29, 0.717) is 18.1 Å². The lowest BCUT2D eigenvalue weighted by Crippen LogP contribution is -2.40. The maximum absolute atomic E-state index is 12.5. The van der Waals surface area contributed by atoms with E-state index in [2.05, 4.69) is 15.5 Å². The summed E-state index contributed by atoms with van der Waals surface area (Å²) in [6, 6.07) is 7.70. The molecule has 2 aromatic rings. The molecule has 2 atom stereocenters. The van der Waals surface area contributed by atoms with E-state index in [1.807, 2.05) is 42.7 Å². The van der Waals surface area contributed by atoms with E-state index >= 15 is 0 Å². The van der Waals surface area contributed by atoms with Crippen molar-refractivity contribution in [3.8, 4) is 11.4 Å². The highest BCUT2D eigenvalue weighted by Crippen LogP contribution is 2.28. The van der Waals surface area contributed by atoms with Gasteiger partial charge in [0.1, 0.15) is 0 Å². The Labute approximate surface area is 163 Å². The number of amides is 1. The van der Waals surface area contributed by atoms with Gasteiger partial charge in [-0.25, -0.2) is 8.42 Å². The molecule has 1 aliphatic rings. The fraction of sp³-hybridized carbons (Fsp3) is 0.500. The molecular weight excluding hydrogens is 384 g/mol. The lowest BCUT2D eigenvalue weighted by molar-refractivity contribution is -0.120. The zero-order chi connectivity index (χ0) is 19.6. The second-order valence-corrected chi connectivity index (χ2v) is 10.3. The molecule has 7 nitrogen and oxygen atoms in total. The van der Waals surface area contributed by atoms with E-state index in [0.717, 1.165) is 17.0 Å². The van der Waals surface area contributed by atoms with Gasteiger partial charge in [0.05, 0.1) is 16.8 Å². The topological polar surface area (TPSA) is 94.0 Å². The standard InChI is InChI=1S/C18H24N4O3S2/c1-4-22-16(15-8-6-5-7-12(15)2)20-21-18(22)26-13(3)17(23)19-14-9-10-27(24,25)11-14/h5-8,13-14H,4,9-11H2,1-3H3,(H,19,23). The van der Waals surface area contributed by atoms with Gasteiger partial charge in [0.2, 0.25) is 5.91 Å². The smallest absolute Gasteiger partial charge is 0.233 e. The number of aryl methyl sites for hydroxylation is 1. The minimum absolute atomic E-state index is 0.0265. The molecule has 0 saturated carbocycles. The fourth-order valence-corrected chi connectivity index (χ4v) is 5.72. The van der Waals surface area contributed by atoms with Crippen LogP contribution in [0.1, 0.15) is 25.8 Å². The highest BCUT2D eigenvalue weighted by Gasteiger charge is 2.30. The highest BCUT2D eigenvalue weighted by molar-refractivity contribution is 8.00. The van der Waals surface area contributed by atoms with Crippen LogP contribution in [0.5, 0.6) is 0 Å². The number of carbonyl (C=O) groups is 1. The van der Waals surface area contributed by atoms with Gasteiger partial charge in [-0.3, -0.25) is 4.79 Å². The molecule has 1 aromatic carbocycles. The van der Waals surface area contributed by atoms with Gasteiger partial charge in [-0.15, -0.1) is 10.2 Å². The Morgan fingerprint density at radius 2 is 2.11 bits per heavy atom. The molecule has 9 heteroatoms. The van der Waals surface area contributed by atoms with Gasteiger partial charge >= 0.3 is 0 Å². The first-order valence-electron chi connectivity index (χ1n) is 8.97. The van der Waals surface area contributed by atoms with Crippen molar-refractivity contribution in [3.63, 3.8) is 0 Å². The van der Waals surface area contributed by atoms with Crippen LogP contribution in [0.4, 0.5) is 0 Å². The van der Waals surface area contributed by atoms with E-state index in [4.69, 9.17) is 0 Å². The molecule has 0 radical (unpaired) electrons. The predicted octanol–water partition coefficient (Wildman–Crippen LogP) is 2.06. The molecule has 3 rings (SSSR count). The summed E-state index contributed by atoms with van der Waals surface area (Å²) in [4.78, 5) is 12.5. The van der Waals surface area contributed by atoms with Gasteiger partial charge in [-0.1, -0.05) is 36.0 Å². The number of rotatable bonds is 6. The van der Waals surface area contributed by atoms with E-state index in [1.54, 1.807) is 6.92 Å². The number of carbonyl (C=O) groups excluding carboxylic acids is 1. The van der Waals surface area contributed by atoms with Crippen LogP contribution in [0.25, 0.3) is 11.4 Å². The number of aromatic nitrogens is 3. The lowest BCUT2D eigenvalue weighted by Gasteiger charge is -2.16. The van der Waals surface area contributed by atoms with E-state index in [1.165, 1.54) is 11.8 Å². The SMILES string of the molecule is CCn1c(SC(C)C(=O)NC2CCS(=O)(=O)C2)nnc1-c1ccccc1C. The maximum atomic E-state index is 12.5. The largest absolute Gasteiger partial charge is 0.351 e. The number of nitrogens with zero attached hydrogens (tertiary/aromatic N) is 3. The molecule has 0 spiro atoms. The first-order valence-corrected chi connectivity index (χ1v) is 11.7. The summed E-state index contributed by atoms with van der Waals surface area (Å²) in [6.07, 6.45) is 0.480. The first kappa shape index (κ1) is 19.9. The minimum atomic E-state index is -3.02. The van der Waals surface area contributed by atoms with Gasteiger partial charge in [0.15, 0.2) is 20.8 Å². The van der Waals surface area contributed by atoms with Crippen LogP contribution in [-0.2, 0) is 21.2 Å². The molecule has 0 bridgehead atoms. The molecule has 1 aromatic heterocycles. The van der Waals surface area contributed by atoms with Gasteiger partial charge in [0.25, 0.3) is 0 Å². The van der Waals surface area contributed by atoms with Crippen LogP contribution in [-0.4, -0.2) is 51.9 Å².